The van der Waals surface area contributed by atoms with Crippen LogP contribution in [0.1, 0.15) is 32.8 Å². The van der Waals surface area contributed by atoms with E-state index in [0.717, 1.165) is 17.1 Å². The molecule has 1 atom stereocenters. The maximum atomic E-state index is 9.24. The highest BCUT2D eigenvalue weighted by atomic mass is 32.2. The van der Waals surface area contributed by atoms with Gasteiger partial charge in [0.1, 0.15) is 24.0 Å². The molecule has 18 heavy (non-hydrogen) atoms. The second-order valence-electron chi connectivity index (χ2n) is 4.47. The van der Waals surface area contributed by atoms with Gasteiger partial charge in [-0.05, 0) is 31.2 Å². The molecule has 1 unspecified atom stereocenters. The molecule has 0 saturated carbocycles. The van der Waals surface area contributed by atoms with Gasteiger partial charge in [-0.2, -0.15) is 5.26 Å². The van der Waals surface area contributed by atoms with E-state index in [0.29, 0.717) is 17.9 Å². The van der Waals surface area contributed by atoms with Crippen molar-refractivity contribution in [1.82, 2.24) is 0 Å². The Morgan fingerprint density at radius 3 is 2.72 bits per heavy atom. The summed E-state index contributed by atoms with van der Waals surface area (Å²) in [5.41, 5.74) is 6.29. The Morgan fingerprint density at radius 1 is 1.44 bits per heavy atom. The van der Waals surface area contributed by atoms with E-state index in [2.05, 4.69) is 13.0 Å². The third-order valence-electron chi connectivity index (χ3n) is 2.76. The number of hydrogen-bond donors (Lipinski definition) is 1. The van der Waals surface area contributed by atoms with Crippen molar-refractivity contribution in [3.8, 4) is 11.8 Å². The van der Waals surface area contributed by atoms with E-state index in [1.807, 2.05) is 32.0 Å². The molecule has 0 aliphatic rings. The largest absolute Gasteiger partial charge is 0.490 e. The molecule has 0 radical (unpaired) electrons. The van der Waals surface area contributed by atoms with Crippen molar-refractivity contribution in [2.24, 2.45) is 5.73 Å². The van der Waals surface area contributed by atoms with Gasteiger partial charge in [-0.15, -0.1) is 11.8 Å². The van der Waals surface area contributed by atoms with Crippen LogP contribution in [0.4, 0.5) is 0 Å². The van der Waals surface area contributed by atoms with Crippen molar-refractivity contribution in [1.29, 1.82) is 5.26 Å². The molecule has 2 N–H and O–H groups in total. The lowest BCUT2D eigenvalue weighted by Crippen LogP contribution is -2.41. The second-order valence-corrected chi connectivity index (χ2v) is 5.78. The van der Waals surface area contributed by atoms with Gasteiger partial charge in [-0.3, -0.25) is 0 Å². The van der Waals surface area contributed by atoms with Crippen LogP contribution in [0.2, 0.25) is 0 Å². The Morgan fingerprint density at radius 2 is 2.17 bits per heavy atom. The molecule has 3 nitrogen and oxygen atoms in total. The van der Waals surface area contributed by atoms with Gasteiger partial charge in [0.25, 0.3) is 0 Å². The first-order chi connectivity index (χ1) is 8.54. The van der Waals surface area contributed by atoms with E-state index in [1.54, 1.807) is 11.8 Å². The van der Waals surface area contributed by atoms with Gasteiger partial charge < -0.3 is 10.5 Å². The molecular weight excluding hydrogens is 244 g/mol. The molecule has 0 aliphatic carbocycles. The highest BCUT2D eigenvalue weighted by Crippen LogP contribution is 2.29. The summed E-state index contributed by atoms with van der Waals surface area (Å²) in [6.07, 6.45) is 0.832. The van der Waals surface area contributed by atoms with Crippen LogP contribution >= 0.6 is 11.8 Å². The summed E-state index contributed by atoms with van der Waals surface area (Å²) < 4.78 is 5.71. The molecule has 0 heterocycles. The first kappa shape index (κ1) is 14.9. The van der Waals surface area contributed by atoms with E-state index < -0.39 is 0 Å². The Balaban J connectivity index is 2.89. The van der Waals surface area contributed by atoms with Gasteiger partial charge in [0.2, 0.25) is 0 Å². The lowest BCUT2D eigenvalue weighted by Gasteiger charge is -2.23. The fourth-order valence-electron chi connectivity index (χ4n) is 1.36. The standard InChI is InChI=1S/C14H20N2OS/c1-4-14(3,16)10-17-12-7-6-8-13(18-5-2)11(12)9-15/h6-8H,4-5,10,16H2,1-3H3. The van der Waals surface area contributed by atoms with Gasteiger partial charge in [0, 0.05) is 10.4 Å². The number of ether oxygens (including phenoxy) is 1. The average Bonchev–Trinajstić information content (AvgIpc) is 2.37. The third-order valence-corrected chi connectivity index (χ3v) is 3.70. The molecule has 0 bridgehead atoms. The van der Waals surface area contributed by atoms with Crippen LogP contribution in [0.25, 0.3) is 0 Å². The van der Waals surface area contributed by atoms with Crippen LogP contribution < -0.4 is 10.5 Å². The summed E-state index contributed by atoms with van der Waals surface area (Å²) in [7, 11) is 0. The molecular formula is C14H20N2OS. The molecule has 0 amide bonds. The van der Waals surface area contributed by atoms with Crippen molar-refractivity contribution in [3.05, 3.63) is 23.8 Å². The van der Waals surface area contributed by atoms with Crippen LogP contribution in [0.3, 0.4) is 0 Å². The zero-order valence-electron chi connectivity index (χ0n) is 11.2. The molecule has 98 valence electrons. The third kappa shape index (κ3) is 3.94. The molecule has 0 fully saturated rings. The SMILES string of the molecule is CCSc1cccc(OCC(C)(N)CC)c1C#N. The minimum absolute atomic E-state index is 0.360. The minimum Gasteiger partial charge on any atom is -0.490 e. The van der Waals surface area contributed by atoms with Crippen LogP contribution in [0.15, 0.2) is 23.1 Å². The van der Waals surface area contributed by atoms with E-state index in [4.69, 9.17) is 10.5 Å². The smallest absolute Gasteiger partial charge is 0.138 e. The Kier molecular flexibility index (Phi) is 5.52. The molecule has 1 rings (SSSR count). The van der Waals surface area contributed by atoms with Crippen LogP contribution in [-0.2, 0) is 0 Å². The first-order valence-corrected chi connectivity index (χ1v) is 7.10. The molecule has 1 aromatic carbocycles. The molecule has 1 aromatic rings. The summed E-state index contributed by atoms with van der Waals surface area (Å²) in [6.45, 7) is 6.45. The van der Waals surface area contributed by atoms with Gasteiger partial charge in [0.15, 0.2) is 0 Å². The van der Waals surface area contributed by atoms with Crippen LogP contribution in [0, 0.1) is 11.3 Å². The molecule has 0 aromatic heterocycles. The van der Waals surface area contributed by atoms with E-state index in [9.17, 15) is 5.26 Å². The predicted octanol–water partition coefficient (Wildman–Crippen LogP) is 3.18. The number of nitrogens with zero attached hydrogens (tertiary/aromatic N) is 1. The summed E-state index contributed by atoms with van der Waals surface area (Å²) in [6, 6.07) is 7.90. The zero-order chi connectivity index (χ0) is 13.6. The monoisotopic (exact) mass is 264 g/mol. The van der Waals surface area contributed by atoms with Gasteiger partial charge >= 0.3 is 0 Å². The lowest BCUT2D eigenvalue weighted by molar-refractivity contribution is 0.225. The van der Waals surface area contributed by atoms with Crippen LogP contribution in [0.5, 0.6) is 5.75 Å². The minimum atomic E-state index is -0.360. The quantitative estimate of drug-likeness (QED) is 0.802. The van der Waals surface area contributed by atoms with Gasteiger partial charge in [-0.25, -0.2) is 0 Å². The fraction of sp³-hybridized carbons (Fsp3) is 0.500. The van der Waals surface area contributed by atoms with E-state index >= 15 is 0 Å². The Bertz CT molecular complexity index is 438. The predicted molar refractivity (Wildman–Crippen MR) is 75.9 cm³/mol. The normalized spacial score (nSPS) is 13.7. The fourth-order valence-corrected chi connectivity index (χ4v) is 2.14. The van der Waals surface area contributed by atoms with Gasteiger partial charge in [0.05, 0.1) is 0 Å². The summed E-state index contributed by atoms with van der Waals surface area (Å²) in [5, 5.41) is 9.24. The van der Waals surface area contributed by atoms with Gasteiger partial charge in [-0.1, -0.05) is 19.9 Å². The lowest BCUT2D eigenvalue weighted by atomic mass is 10.0. The Hall–Kier alpha value is -1.18. The number of thioether (sulfide) groups is 1. The molecule has 0 aliphatic heterocycles. The number of nitrogens with two attached hydrogens (primary N) is 1. The summed E-state index contributed by atoms with van der Waals surface area (Å²) in [5.74, 6) is 1.56. The molecule has 4 heteroatoms. The molecule has 0 spiro atoms. The number of nitriles is 1. The average molecular weight is 264 g/mol. The zero-order valence-corrected chi connectivity index (χ0v) is 12.0. The highest BCUT2D eigenvalue weighted by Gasteiger charge is 2.18. The number of rotatable bonds is 6. The van der Waals surface area contributed by atoms with E-state index in [-0.39, 0.29) is 5.54 Å². The Labute approximate surface area is 113 Å². The summed E-state index contributed by atoms with van der Waals surface area (Å²) >= 11 is 1.65. The topological polar surface area (TPSA) is 59.0 Å². The number of hydrogen-bond acceptors (Lipinski definition) is 4. The first-order valence-electron chi connectivity index (χ1n) is 6.11. The van der Waals surface area contributed by atoms with Crippen LogP contribution in [-0.4, -0.2) is 17.9 Å². The van der Waals surface area contributed by atoms with Crippen molar-refractivity contribution in [2.45, 2.75) is 37.6 Å². The van der Waals surface area contributed by atoms with Crippen molar-refractivity contribution in [2.75, 3.05) is 12.4 Å². The molecule has 0 saturated heterocycles. The second kappa shape index (κ2) is 6.67. The highest BCUT2D eigenvalue weighted by molar-refractivity contribution is 7.99. The maximum absolute atomic E-state index is 9.24. The van der Waals surface area contributed by atoms with Crippen molar-refractivity contribution >= 4 is 11.8 Å². The van der Waals surface area contributed by atoms with E-state index in [1.165, 1.54) is 0 Å². The van der Waals surface area contributed by atoms with Crippen molar-refractivity contribution in [3.63, 3.8) is 0 Å². The summed E-state index contributed by atoms with van der Waals surface area (Å²) in [4.78, 5) is 0.965. The number of benzene rings is 1. The van der Waals surface area contributed by atoms with Crippen molar-refractivity contribution < 1.29 is 4.74 Å². The maximum Gasteiger partial charge on any atom is 0.138 e.